The van der Waals surface area contributed by atoms with Crippen molar-refractivity contribution in [2.24, 2.45) is 0 Å². The highest BCUT2D eigenvalue weighted by molar-refractivity contribution is 5.98. The topological polar surface area (TPSA) is 90.9 Å². The van der Waals surface area contributed by atoms with Gasteiger partial charge in [0.05, 0.1) is 19.2 Å². The normalized spacial score (nSPS) is 16.5. The monoisotopic (exact) mass is 480 g/mol. The average Bonchev–Trinajstić information content (AvgIpc) is 3.17. The van der Waals surface area contributed by atoms with Crippen LogP contribution in [0.2, 0.25) is 0 Å². The van der Waals surface area contributed by atoms with Crippen LogP contribution in [0.5, 0.6) is 5.75 Å². The Balaban J connectivity index is 1.66. The number of nitrogens with zero attached hydrogens (tertiary/aromatic N) is 5. The van der Waals surface area contributed by atoms with Gasteiger partial charge in [-0.25, -0.2) is 4.98 Å². The molecular weight excluding hydrogens is 444 g/mol. The van der Waals surface area contributed by atoms with Gasteiger partial charge in [-0.2, -0.15) is 4.98 Å². The first-order chi connectivity index (χ1) is 16.7. The number of nitrogens with one attached hydrogen (secondary N) is 1. The molecule has 0 radical (unpaired) electrons. The first-order valence-corrected chi connectivity index (χ1v) is 12.4. The minimum Gasteiger partial charge on any atom is -0.494 e. The molecule has 0 unspecified atom stereocenters. The Morgan fingerprint density at radius 3 is 2.49 bits per heavy atom. The molecule has 35 heavy (non-hydrogen) atoms. The standard InChI is InChI=1S/C26H36N6O3/c1-7-35-22-14-20(9-8-17(22)4)18(5)27-24-21-15-32(16(2)3)25(34)23(21)28-26(29-24)31-12-10-30(11-13-31)19(6)33/h8-9,14,16,18H,7,10-13,15H2,1-6H3,(H,27,28,29)/t18-/m1/s1. The average molecular weight is 481 g/mol. The summed E-state index contributed by atoms with van der Waals surface area (Å²) in [5.74, 6) is 2.09. The molecule has 2 aliphatic rings. The summed E-state index contributed by atoms with van der Waals surface area (Å²) >= 11 is 0. The largest absolute Gasteiger partial charge is 0.494 e. The van der Waals surface area contributed by atoms with Gasteiger partial charge in [-0.3, -0.25) is 9.59 Å². The molecule has 1 aromatic carbocycles. The zero-order chi connectivity index (χ0) is 25.3. The van der Waals surface area contributed by atoms with Gasteiger partial charge < -0.3 is 24.8 Å². The summed E-state index contributed by atoms with van der Waals surface area (Å²) < 4.78 is 5.79. The molecule has 0 saturated carbocycles. The Kier molecular flexibility index (Phi) is 7.14. The molecule has 1 N–H and O–H groups in total. The first-order valence-electron chi connectivity index (χ1n) is 12.4. The molecule has 1 aromatic heterocycles. The molecule has 1 atom stereocenters. The number of ether oxygens (including phenoxy) is 1. The van der Waals surface area contributed by atoms with Crippen LogP contribution in [-0.2, 0) is 11.3 Å². The summed E-state index contributed by atoms with van der Waals surface area (Å²) in [6, 6.07) is 6.22. The molecule has 0 spiro atoms. The Bertz CT molecular complexity index is 1110. The summed E-state index contributed by atoms with van der Waals surface area (Å²) in [5, 5.41) is 3.56. The van der Waals surface area contributed by atoms with E-state index in [1.165, 1.54) is 0 Å². The van der Waals surface area contributed by atoms with Crippen LogP contribution in [0.4, 0.5) is 11.8 Å². The van der Waals surface area contributed by atoms with Crippen molar-refractivity contribution >= 4 is 23.6 Å². The fraction of sp³-hybridized carbons (Fsp3) is 0.538. The van der Waals surface area contributed by atoms with Crippen LogP contribution in [0.25, 0.3) is 0 Å². The number of carbonyl (C=O) groups excluding carboxylic acids is 2. The van der Waals surface area contributed by atoms with Crippen LogP contribution in [0.1, 0.15) is 67.8 Å². The Morgan fingerprint density at radius 1 is 1.14 bits per heavy atom. The van der Waals surface area contributed by atoms with Crippen molar-refractivity contribution in [3.05, 3.63) is 40.6 Å². The fourth-order valence-electron chi connectivity index (χ4n) is 4.56. The lowest BCUT2D eigenvalue weighted by Gasteiger charge is -2.34. The van der Waals surface area contributed by atoms with Gasteiger partial charge in [0.15, 0.2) is 0 Å². The van der Waals surface area contributed by atoms with Crippen molar-refractivity contribution in [1.29, 1.82) is 0 Å². The smallest absolute Gasteiger partial charge is 0.273 e. The maximum atomic E-state index is 13.2. The highest BCUT2D eigenvalue weighted by Gasteiger charge is 2.35. The summed E-state index contributed by atoms with van der Waals surface area (Å²) in [6.07, 6.45) is 0. The number of hydrogen-bond donors (Lipinski definition) is 1. The lowest BCUT2D eigenvalue weighted by Crippen LogP contribution is -2.48. The van der Waals surface area contributed by atoms with E-state index in [1.54, 1.807) is 6.92 Å². The third-order valence-electron chi connectivity index (χ3n) is 6.78. The van der Waals surface area contributed by atoms with Crippen molar-refractivity contribution in [3.63, 3.8) is 0 Å². The number of hydrogen-bond acceptors (Lipinski definition) is 7. The number of piperazine rings is 1. The van der Waals surface area contributed by atoms with Gasteiger partial charge in [-0.15, -0.1) is 0 Å². The minimum atomic E-state index is -0.0642. The molecule has 188 valence electrons. The van der Waals surface area contributed by atoms with Crippen molar-refractivity contribution in [3.8, 4) is 5.75 Å². The third kappa shape index (κ3) is 5.04. The maximum absolute atomic E-state index is 13.2. The van der Waals surface area contributed by atoms with E-state index in [9.17, 15) is 9.59 Å². The van der Waals surface area contributed by atoms with Crippen LogP contribution < -0.4 is 15.0 Å². The third-order valence-corrected chi connectivity index (χ3v) is 6.78. The van der Waals surface area contributed by atoms with E-state index in [-0.39, 0.29) is 23.9 Å². The number of rotatable bonds is 7. The molecular formula is C26H36N6O3. The van der Waals surface area contributed by atoms with Crippen LogP contribution in [0, 0.1) is 6.92 Å². The van der Waals surface area contributed by atoms with E-state index in [2.05, 4.69) is 35.3 Å². The number of fused-ring (bicyclic) bond motifs is 1. The van der Waals surface area contributed by atoms with Gasteiger partial charge in [0.25, 0.3) is 5.91 Å². The van der Waals surface area contributed by atoms with E-state index < -0.39 is 0 Å². The van der Waals surface area contributed by atoms with Crippen molar-refractivity contribution in [2.45, 2.75) is 60.2 Å². The van der Waals surface area contributed by atoms with E-state index in [4.69, 9.17) is 14.7 Å². The van der Waals surface area contributed by atoms with Gasteiger partial charge in [-0.1, -0.05) is 12.1 Å². The minimum absolute atomic E-state index is 0.0561. The van der Waals surface area contributed by atoms with Crippen molar-refractivity contribution in [2.75, 3.05) is 43.0 Å². The predicted octanol–water partition coefficient (Wildman–Crippen LogP) is 3.39. The van der Waals surface area contributed by atoms with E-state index in [0.717, 1.165) is 22.4 Å². The second-order valence-electron chi connectivity index (χ2n) is 9.54. The Hall–Kier alpha value is -3.36. The number of anilines is 2. The van der Waals surface area contributed by atoms with Crippen molar-refractivity contribution in [1.82, 2.24) is 19.8 Å². The van der Waals surface area contributed by atoms with Gasteiger partial charge in [0.2, 0.25) is 11.9 Å². The number of carbonyl (C=O) groups is 2. The van der Waals surface area contributed by atoms with Crippen LogP contribution in [0.15, 0.2) is 18.2 Å². The van der Waals surface area contributed by atoms with Gasteiger partial charge in [-0.05, 0) is 51.8 Å². The van der Waals surface area contributed by atoms with Gasteiger partial charge in [0, 0.05) is 44.7 Å². The van der Waals surface area contributed by atoms with Gasteiger partial charge >= 0.3 is 0 Å². The number of aryl methyl sites for hydroxylation is 1. The second kappa shape index (κ2) is 10.1. The highest BCUT2D eigenvalue weighted by Crippen LogP contribution is 2.33. The summed E-state index contributed by atoms with van der Waals surface area (Å²) in [6.45, 7) is 15.3. The molecule has 9 nitrogen and oxygen atoms in total. The Labute approximate surface area is 207 Å². The first kappa shape index (κ1) is 24.8. The molecule has 2 amide bonds. The lowest BCUT2D eigenvalue weighted by atomic mass is 10.1. The second-order valence-corrected chi connectivity index (χ2v) is 9.54. The zero-order valence-electron chi connectivity index (χ0n) is 21.6. The molecule has 3 heterocycles. The predicted molar refractivity (Wildman–Crippen MR) is 136 cm³/mol. The fourth-order valence-corrected chi connectivity index (χ4v) is 4.56. The summed E-state index contributed by atoms with van der Waals surface area (Å²) in [7, 11) is 0. The molecule has 0 aliphatic carbocycles. The molecule has 9 heteroatoms. The van der Waals surface area contributed by atoms with E-state index >= 15 is 0 Å². The molecule has 2 aromatic rings. The van der Waals surface area contributed by atoms with Gasteiger partial charge in [0.1, 0.15) is 17.3 Å². The van der Waals surface area contributed by atoms with E-state index in [1.807, 2.05) is 37.5 Å². The molecule has 4 rings (SSSR count). The van der Waals surface area contributed by atoms with E-state index in [0.29, 0.717) is 56.8 Å². The SMILES string of the molecule is CCOc1cc([C@@H](C)Nc2nc(N3CCN(C(C)=O)CC3)nc3c2CN(C(C)C)C3=O)ccc1C. The quantitative estimate of drug-likeness (QED) is 0.650. The summed E-state index contributed by atoms with van der Waals surface area (Å²) in [5.41, 5.74) is 3.47. The maximum Gasteiger partial charge on any atom is 0.273 e. The highest BCUT2D eigenvalue weighted by atomic mass is 16.5. The van der Waals surface area contributed by atoms with Crippen LogP contribution in [-0.4, -0.2) is 70.4 Å². The number of benzene rings is 1. The zero-order valence-corrected chi connectivity index (χ0v) is 21.6. The molecule has 0 bridgehead atoms. The Morgan fingerprint density at radius 2 is 1.86 bits per heavy atom. The van der Waals surface area contributed by atoms with Crippen LogP contribution >= 0.6 is 0 Å². The van der Waals surface area contributed by atoms with Crippen LogP contribution in [0.3, 0.4) is 0 Å². The number of amides is 2. The molecule has 2 aliphatic heterocycles. The lowest BCUT2D eigenvalue weighted by molar-refractivity contribution is -0.129. The van der Waals surface area contributed by atoms with Crippen molar-refractivity contribution < 1.29 is 14.3 Å². The molecule has 1 saturated heterocycles. The molecule has 1 fully saturated rings. The summed E-state index contributed by atoms with van der Waals surface area (Å²) in [4.78, 5) is 40.3. The number of aromatic nitrogens is 2.